The molecule has 0 aromatic heterocycles. The van der Waals surface area contributed by atoms with Crippen molar-refractivity contribution in [3.63, 3.8) is 0 Å². The minimum atomic E-state index is -1.33. The van der Waals surface area contributed by atoms with Gasteiger partial charge in [-0.15, -0.1) is 0 Å². The van der Waals surface area contributed by atoms with Crippen LogP contribution in [0.4, 0.5) is 27.1 Å². The minimum absolute atomic E-state index is 0.0813. The maximum atomic E-state index is 15.0. The maximum Gasteiger partial charge on any atom is 0.157 e. The van der Waals surface area contributed by atoms with Gasteiger partial charge in [-0.25, -0.2) is 4.39 Å². The van der Waals surface area contributed by atoms with E-state index in [0.717, 1.165) is 23.5 Å². The number of hydrogen-bond donors (Lipinski definition) is 5. The molecule has 0 spiro atoms. The van der Waals surface area contributed by atoms with Crippen LogP contribution in [0.3, 0.4) is 0 Å². The Kier molecular flexibility index (Phi) is 6.56. The smallest absolute Gasteiger partial charge is 0.157 e. The van der Waals surface area contributed by atoms with Crippen molar-refractivity contribution in [2.45, 2.75) is 44.7 Å². The Bertz CT molecular complexity index is 888. The van der Waals surface area contributed by atoms with Crippen molar-refractivity contribution in [2.75, 3.05) is 28.8 Å². The predicted octanol–water partition coefficient (Wildman–Crippen LogP) is 3.01. The molecule has 3 rings (SSSR count). The summed E-state index contributed by atoms with van der Waals surface area (Å²) in [6, 6.07) is 12.1. The molecule has 1 heterocycles. The second kappa shape index (κ2) is 9.13. The fourth-order valence-electron chi connectivity index (χ4n) is 3.49. The third kappa shape index (κ3) is 4.54. The van der Waals surface area contributed by atoms with E-state index < -0.39 is 18.4 Å². The van der Waals surface area contributed by atoms with Crippen molar-refractivity contribution in [3.05, 3.63) is 54.4 Å². The van der Waals surface area contributed by atoms with Gasteiger partial charge in [0.05, 0.1) is 24.5 Å². The number of alkyl halides is 1. The number of hydrogen-bond acceptors (Lipinski definition) is 7. The molecule has 0 fully saturated rings. The Morgan fingerprint density at radius 3 is 2.53 bits per heavy atom. The lowest BCUT2D eigenvalue weighted by molar-refractivity contribution is 0.235. The van der Waals surface area contributed by atoms with Gasteiger partial charge in [0.25, 0.3) is 0 Å². The Hall–Kier alpha value is -3.13. The Labute approximate surface area is 177 Å². The quantitative estimate of drug-likeness (QED) is 0.443. The van der Waals surface area contributed by atoms with Crippen molar-refractivity contribution in [2.24, 2.45) is 5.73 Å². The third-order valence-corrected chi connectivity index (χ3v) is 5.37. The average molecular weight is 415 g/mol. The molecule has 8 heteroatoms. The molecule has 162 valence electrons. The summed E-state index contributed by atoms with van der Waals surface area (Å²) in [6.07, 6.45) is 0.452. The van der Waals surface area contributed by atoms with Gasteiger partial charge in [-0.05, 0) is 61.9 Å². The largest absolute Gasteiger partial charge is 0.497 e. The maximum absolute atomic E-state index is 15.0. The summed E-state index contributed by atoms with van der Waals surface area (Å²) in [5.74, 6) is 1.42. The van der Waals surface area contributed by atoms with Crippen LogP contribution in [0.1, 0.15) is 20.3 Å². The molecule has 4 atom stereocenters. The standard InChI is InChI=1S/C22H31FN6O/c1-4-13(2)29(19-11-14(24)5-10-17(19)25)20-12-18(21(23)22(26)28-20)27-15-6-8-16(30-3)9-7-15/h5-13,18,21-22,27-28H,4,24-26H2,1-3H3. The number of nitrogens with two attached hydrogens (primary N) is 3. The summed E-state index contributed by atoms with van der Waals surface area (Å²) < 4.78 is 20.1. The van der Waals surface area contributed by atoms with Crippen molar-refractivity contribution in [3.8, 4) is 5.75 Å². The van der Waals surface area contributed by atoms with Crippen LogP contribution in [0.15, 0.2) is 54.4 Å². The van der Waals surface area contributed by atoms with Crippen molar-refractivity contribution in [1.29, 1.82) is 0 Å². The van der Waals surface area contributed by atoms with E-state index in [4.69, 9.17) is 21.9 Å². The molecule has 2 aromatic rings. The first-order valence-electron chi connectivity index (χ1n) is 10.1. The number of rotatable bonds is 7. The first-order chi connectivity index (χ1) is 14.3. The number of nitrogen functional groups attached to an aromatic ring is 2. The first kappa shape index (κ1) is 21.6. The van der Waals surface area contributed by atoms with E-state index in [0.29, 0.717) is 17.2 Å². The number of anilines is 4. The van der Waals surface area contributed by atoms with Crippen LogP contribution in [-0.2, 0) is 0 Å². The molecule has 2 aromatic carbocycles. The average Bonchev–Trinajstić information content (AvgIpc) is 2.74. The summed E-state index contributed by atoms with van der Waals surface area (Å²) >= 11 is 0. The molecule has 0 amide bonds. The van der Waals surface area contributed by atoms with Crippen LogP contribution in [0.5, 0.6) is 5.75 Å². The van der Waals surface area contributed by atoms with Crippen LogP contribution in [0.2, 0.25) is 0 Å². The van der Waals surface area contributed by atoms with Gasteiger partial charge in [0, 0.05) is 17.4 Å². The van der Waals surface area contributed by atoms with Crippen LogP contribution in [-0.4, -0.2) is 31.5 Å². The van der Waals surface area contributed by atoms with E-state index in [-0.39, 0.29) is 6.04 Å². The third-order valence-electron chi connectivity index (χ3n) is 5.37. The number of ether oxygens (including phenoxy) is 1. The number of methoxy groups -OCH3 is 1. The fourth-order valence-corrected chi connectivity index (χ4v) is 3.49. The molecule has 0 radical (unpaired) electrons. The van der Waals surface area contributed by atoms with Gasteiger partial charge in [0.2, 0.25) is 0 Å². The topological polar surface area (TPSA) is 115 Å². The molecule has 0 bridgehead atoms. The second-order valence-corrected chi connectivity index (χ2v) is 7.51. The van der Waals surface area contributed by atoms with Crippen molar-refractivity contribution < 1.29 is 9.13 Å². The molecular weight excluding hydrogens is 383 g/mol. The highest BCUT2D eigenvalue weighted by Gasteiger charge is 2.34. The van der Waals surface area contributed by atoms with Gasteiger partial charge in [0.1, 0.15) is 17.7 Å². The van der Waals surface area contributed by atoms with Gasteiger partial charge in [-0.3, -0.25) is 0 Å². The zero-order chi connectivity index (χ0) is 21.8. The monoisotopic (exact) mass is 414 g/mol. The lowest BCUT2D eigenvalue weighted by Crippen LogP contribution is -2.58. The van der Waals surface area contributed by atoms with E-state index in [9.17, 15) is 4.39 Å². The van der Waals surface area contributed by atoms with Crippen molar-refractivity contribution in [1.82, 2.24) is 5.32 Å². The lowest BCUT2D eigenvalue weighted by Gasteiger charge is -2.40. The molecule has 7 nitrogen and oxygen atoms in total. The Balaban J connectivity index is 1.97. The summed E-state index contributed by atoms with van der Waals surface area (Å²) in [7, 11) is 1.60. The first-order valence-corrected chi connectivity index (χ1v) is 10.1. The molecule has 0 aliphatic carbocycles. The summed E-state index contributed by atoms with van der Waals surface area (Å²) in [4.78, 5) is 2.03. The second-order valence-electron chi connectivity index (χ2n) is 7.51. The number of benzene rings is 2. The van der Waals surface area contributed by atoms with E-state index in [1.807, 2.05) is 41.3 Å². The van der Waals surface area contributed by atoms with Crippen LogP contribution < -0.4 is 37.5 Å². The summed E-state index contributed by atoms with van der Waals surface area (Å²) in [6.45, 7) is 4.15. The van der Waals surface area contributed by atoms with Gasteiger partial charge in [0.15, 0.2) is 6.17 Å². The number of nitrogens with one attached hydrogen (secondary N) is 2. The van der Waals surface area contributed by atoms with E-state index in [2.05, 4.69) is 24.5 Å². The number of nitrogens with zero attached hydrogens (tertiary/aromatic N) is 1. The van der Waals surface area contributed by atoms with Gasteiger partial charge in [-0.2, -0.15) is 0 Å². The van der Waals surface area contributed by atoms with Crippen LogP contribution in [0.25, 0.3) is 0 Å². The normalized spacial score (nSPS) is 21.9. The molecular formula is C22H31FN6O. The Morgan fingerprint density at radius 1 is 1.20 bits per heavy atom. The van der Waals surface area contributed by atoms with Crippen LogP contribution >= 0.6 is 0 Å². The van der Waals surface area contributed by atoms with Crippen molar-refractivity contribution >= 4 is 22.7 Å². The minimum Gasteiger partial charge on any atom is -0.497 e. The Morgan fingerprint density at radius 2 is 1.90 bits per heavy atom. The van der Waals surface area contributed by atoms with Gasteiger partial charge >= 0.3 is 0 Å². The highest BCUT2D eigenvalue weighted by atomic mass is 19.1. The molecule has 30 heavy (non-hydrogen) atoms. The zero-order valence-corrected chi connectivity index (χ0v) is 17.6. The molecule has 8 N–H and O–H groups in total. The van der Waals surface area contributed by atoms with Gasteiger partial charge in [-0.1, -0.05) is 6.92 Å². The summed E-state index contributed by atoms with van der Waals surface area (Å²) in [5.41, 5.74) is 21.1. The highest BCUT2D eigenvalue weighted by molar-refractivity contribution is 5.74. The molecule has 4 unspecified atom stereocenters. The van der Waals surface area contributed by atoms with Gasteiger partial charge < -0.3 is 37.5 Å². The predicted molar refractivity (Wildman–Crippen MR) is 122 cm³/mol. The highest BCUT2D eigenvalue weighted by Crippen LogP contribution is 2.32. The zero-order valence-electron chi connectivity index (χ0n) is 17.6. The molecule has 1 aliphatic heterocycles. The molecule has 1 aliphatic rings. The SMILES string of the molecule is CCC(C)N(C1=CC(Nc2ccc(OC)cc2)C(F)C(N)N1)c1cc(N)ccc1N. The summed E-state index contributed by atoms with van der Waals surface area (Å²) in [5, 5.41) is 6.32. The fraction of sp³-hybridized carbons (Fsp3) is 0.364. The lowest BCUT2D eigenvalue weighted by atomic mass is 10.0. The number of halogens is 1. The van der Waals surface area contributed by atoms with E-state index >= 15 is 0 Å². The molecule has 0 saturated heterocycles. The van der Waals surface area contributed by atoms with Crippen LogP contribution in [0, 0.1) is 0 Å². The van der Waals surface area contributed by atoms with E-state index in [1.54, 1.807) is 19.2 Å². The van der Waals surface area contributed by atoms with E-state index in [1.165, 1.54) is 0 Å². The molecule has 0 saturated carbocycles.